The molecule has 0 N–H and O–H groups in total. The van der Waals surface area contributed by atoms with Crippen LogP contribution in [0, 0.1) is 0 Å². The molecule has 1 aromatic heterocycles. The maximum Gasteiger partial charge on any atom is 0.297 e. The lowest BCUT2D eigenvalue weighted by Crippen LogP contribution is -2.56. The summed E-state index contributed by atoms with van der Waals surface area (Å²) >= 11 is 1.18. The summed E-state index contributed by atoms with van der Waals surface area (Å²) in [4.78, 5) is 45.9. The van der Waals surface area contributed by atoms with Crippen molar-refractivity contribution in [1.29, 1.82) is 0 Å². The molecule has 7 nitrogen and oxygen atoms in total. The summed E-state index contributed by atoms with van der Waals surface area (Å²) in [5.41, 5.74) is 1.27. The zero-order chi connectivity index (χ0) is 21.3. The van der Waals surface area contributed by atoms with E-state index in [1.165, 1.54) is 16.2 Å². The van der Waals surface area contributed by atoms with Gasteiger partial charge in [0.2, 0.25) is 0 Å². The van der Waals surface area contributed by atoms with Gasteiger partial charge in [-0.2, -0.15) is 0 Å². The van der Waals surface area contributed by atoms with Crippen molar-refractivity contribution in [3.05, 3.63) is 59.1 Å². The molecule has 4 rings (SSSR count). The zero-order valence-electron chi connectivity index (χ0n) is 16.7. The van der Waals surface area contributed by atoms with Gasteiger partial charge in [0.05, 0.1) is 17.3 Å². The first kappa shape index (κ1) is 20.0. The van der Waals surface area contributed by atoms with Crippen LogP contribution in [0.2, 0.25) is 0 Å². The fourth-order valence-corrected chi connectivity index (χ4v) is 4.48. The van der Waals surface area contributed by atoms with Gasteiger partial charge in [0.1, 0.15) is 5.75 Å². The molecule has 0 unspecified atom stereocenters. The molecule has 1 aliphatic rings. The van der Waals surface area contributed by atoms with Crippen LogP contribution in [-0.4, -0.2) is 65.2 Å². The van der Waals surface area contributed by atoms with Crippen LogP contribution in [0.4, 0.5) is 0 Å². The van der Waals surface area contributed by atoms with Crippen molar-refractivity contribution in [3.8, 4) is 5.75 Å². The summed E-state index contributed by atoms with van der Waals surface area (Å²) in [6, 6.07) is 14.1. The second-order valence-electron chi connectivity index (χ2n) is 7.15. The Morgan fingerprint density at radius 3 is 2.57 bits per heavy atom. The predicted octanol–water partition coefficient (Wildman–Crippen LogP) is 2.86. The third kappa shape index (κ3) is 3.78. The van der Waals surface area contributed by atoms with Gasteiger partial charge in [-0.15, -0.1) is 11.3 Å². The summed E-state index contributed by atoms with van der Waals surface area (Å²) < 4.78 is 5.99. The van der Waals surface area contributed by atoms with E-state index >= 15 is 0 Å². The van der Waals surface area contributed by atoms with Crippen LogP contribution in [-0.2, 0) is 4.79 Å². The van der Waals surface area contributed by atoms with Crippen LogP contribution in [0.15, 0.2) is 48.5 Å². The van der Waals surface area contributed by atoms with E-state index in [4.69, 9.17) is 4.74 Å². The van der Waals surface area contributed by atoms with E-state index in [1.54, 1.807) is 42.3 Å². The molecule has 1 atom stereocenters. The Labute approximate surface area is 177 Å². The number of amides is 2. The molecule has 1 fully saturated rings. The Bertz CT molecular complexity index is 1110. The number of thiazole rings is 1. The van der Waals surface area contributed by atoms with Gasteiger partial charge in [-0.3, -0.25) is 14.4 Å². The van der Waals surface area contributed by atoms with E-state index in [-0.39, 0.29) is 17.0 Å². The summed E-state index contributed by atoms with van der Waals surface area (Å²) in [7, 11) is 1.57. The molecule has 0 spiro atoms. The lowest BCUT2D eigenvalue weighted by Gasteiger charge is -2.39. The van der Waals surface area contributed by atoms with Crippen LogP contribution in [0.25, 0.3) is 10.2 Å². The van der Waals surface area contributed by atoms with Crippen molar-refractivity contribution in [1.82, 2.24) is 14.8 Å². The molecule has 0 saturated carbocycles. The number of aromatic nitrogens is 1. The average molecular weight is 423 g/mol. The second kappa shape index (κ2) is 8.23. The van der Waals surface area contributed by atoms with Gasteiger partial charge in [0.25, 0.3) is 17.6 Å². The van der Waals surface area contributed by atoms with Crippen LogP contribution >= 0.6 is 11.3 Å². The number of hydrogen-bond donors (Lipinski definition) is 0. The number of benzene rings is 2. The van der Waals surface area contributed by atoms with E-state index in [1.807, 2.05) is 25.1 Å². The maximum atomic E-state index is 12.9. The van der Waals surface area contributed by atoms with Gasteiger partial charge in [-0.1, -0.05) is 18.2 Å². The first-order valence-electron chi connectivity index (χ1n) is 9.62. The molecule has 2 heterocycles. The summed E-state index contributed by atoms with van der Waals surface area (Å²) in [6.07, 6.45) is 0. The maximum absolute atomic E-state index is 12.9. The molecule has 0 radical (unpaired) electrons. The SMILES string of the molecule is COc1ccc2nc(C(=O)C(=O)N3CCN(C(=O)c4ccccc4)C[C@H]3C)sc2c1. The Morgan fingerprint density at radius 2 is 1.87 bits per heavy atom. The molecule has 1 aliphatic heterocycles. The Kier molecular flexibility index (Phi) is 5.50. The van der Waals surface area contributed by atoms with E-state index in [0.29, 0.717) is 36.5 Å². The van der Waals surface area contributed by atoms with Crippen LogP contribution in [0.5, 0.6) is 5.75 Å². The number of methoxy groups -OCH3 is 1. The van der Waals surface area contributed by atoms with Gasteiger partial charge in [-0.25, -0.2) is 4.98 Å². The molecule has 0 aliphatic carbocycles. The second-order valence-corrected chi connectivity index (χ2v) is 8.18. The van der Waals surface area contributed by atoms with E-state index in [2.05, 4.69) is 4.98 Å². The average Bonchev–Trinajstić information content (AvgIpc) is 3.21. The fraction of sp³-hybridized carbons (Fsp3) is 0.273. The first-order valence-corrected chi connectivity index (χ1v) is 10.4. The Morgan fingerprint density at radius 1 is 1.10 bits per heavy atom. The standard InChI is InChI=1S/C22H21N3O4S/c1-14-13-24(21(27)15-6-4-3-5-7-15)10-11-25(14)22(28)19(26)20-23-17-9-8-16(29-2)12-18(17)30-20/h3-9,12,14H,10-11,13H2,1-2H3/t14-/m1/s1. The van der Waals surface area contributed by atoms with Crippen molar-refractivity contribution in [3.63, 3.8) is 0 Å². The fourth-order valence-electron chi connectivity index (χ4n) is 3.56. The number of ketones is 1. The largest absolute Gasteiger partial charge is 0.497 e. The van der Waals surface area contributed by atoms with Gasteiger partial charge >= 0.3 is 0 Å². The quantitative estimate of drug-likeness (QED) is 0.476. The summed E-state index contributed by atoms with van der Waals surface area (Å²) in [5, 5.41) is 0.165. The molecule has 3 aromatic rings. The normalized spacial score (nSPS) is 16.5. The van der Waals surface area contributed by atoms with Gasteiger partial charge < -0.3 is 14.5 Å². The highest BCUT2D eigenvalue weighted by Gasteiger charge is 2.34. The van der Waals surface area contributed by atoms with Gasteiger partial charge in [0.15, 0.2) is 5.01 Å². The number of hydrogen-bond acceptors (Lipinski definition) is 6. The minimum Gasteiger partial charge on any atom is -0.497 e. The van der Waals surface area contributed by atoms with Crippen molar-refractivity contribution in [2.75, 3.05) is 26.7 Å². The van der Waals surface area contributed by atoms with Crippen LogP contribution in [0.3, 0.4) is 0 Å². The minimum atomic E-state index is -0.621. The number of fused-ring (bicyclic) bond motifs is 1. The monoisotopic (exact) mass is 423 g/mol. The van der Waals surface area contributed by atoms with E-state index in [9.17, 15) is 14.4 Å². The number of rotatable bonds is 4. The molecule has 2 amide bonds. The molecule has 0 bridgehead atoms. The number of nitrogens with zero attached hydrogens (tertiary/aromatic N) is 3. The number of carbonyl (C=O) groups is 3. The lowest BCUT2D eigenvalue weighted by atomic mass is 10.1. The van der Waals surface area contributed by atoms with Crippen LogP contribution in [0.1, 0.15) is 27.1 Å². The lowest BCUT2D eigenvalue weighted by molar-refractivity contribution is -0.130. The number of piperazine rings is 1. The highest BCUT2D eigenvalue weighted by Crippen LogP contribution is 2.27. The molecular weight excluding hydrogens is 402 g/mol. The molecule has 1 saturated heterocycles. The van der Waals surface area contributed by atoms with Gasteiger partial charge in [0, 0.05) is 31.2 Å². The molecule has 8 heteroatoms. The first-order chi connectivity index (χ1) is 14.5. The number of ether oxygens (including phenoxy) is 1. The van der Waals surface area contributed by atoms with Crippen LogP contribution < -0.4 is 4.74 Å². The third-order valence-corrected chi connectivity index (χ3v) is 6.20. The van der Waals surface area contributed by atoms with Crippen molar-refractivity contribution in [2.45, 2.75) is 13.0 Å². The smallest absolute Gasteiger partial charge is 0.297 e. The number of carbonyl (C=O) groups excluding carboxylic acids is 3. The topological polar surface area (TPSA) is 79.8 Å². The van der Waals surface area contributed by atoms with Crippen molar-refractivity contribution >= 4 is 39.2 Å². The van der Waals surface area contributed by atoms with E-state index < -0.39 is 11.7 Å². The molecule has 30 heavy (non-hydrogen) atoms. The minimum absolute atomic E-state index is 0.0685. The molecule has 154 valence electrons. The highest BCUT2D eigenvalue weighted by atomic mass is 32.1. The highest BCUT2D eigenvalue weighted by molar-refractivity contribution is 7.21. The third-order valence-electron chi connectivity index (χ3n) is 5.18. The predicted molar refractivity (Wildman–Crippen MR) is 114 cm³/mol. The zero-order valence-corrected chi connectivity index (χ0v) is 17.5. The Hall–Kier alpha value is -3.26. The van der Waals surface area contributed by atoms with Crippen molar-refractivity contribution in [2.24, 2.45) is 0 Å². The Balaban J connectivity index is 1.46. The van der Waals surface area contributed by atoms with Crippen molar-refractivity contribution < 1.29 is 19.1 Å². The molecule has 2 aromatic carbocycles. The molecular formula is C22H21N3O4S. The van der Waals surface area contributed by atoms with E-state index in [0.717, 1.165) is 4.70 Å². The number of Topliss-reactive ketones (excluding diaryl/α,β-unsaturated/α-hetero) is 1. The van der Waals surface area contributed by atoms with Gasteiger partial charge in [-0.05, 0) is 37.3 Å². The summed E-state index contributed by atoms with van der Waals surface area (Å²) in [6.45, 7) is 2.92. The summed E-state index contributed by atoms with van der Waals surface area (Å²) in [5.74, 6) is -0.601.